The van der Waals surface area contributed by atoms with Gasteiger partial charge in [-0.15, -0.1) is 0 Å². The van der Waals surface area contributed by atoms with Gasteiger partial charge in [0.1, 0.15) is 6.10 Å². The minimum Gasteiger partial charge on any atom is -0.390 e. The van der Waals surface area contributed by atoms with Crippen LogP contribution in [0.1, 0.15) is 38.5 Å². The summed E-state index contributed by atoms with van der Waals surface area (Å²) < 4.78 is 1.64. The Morgan fingerprint density at radius 1 is 1.47 bits per heavy atom. The van der Waals surface area contributed by atoms with Crippen molar-refractivity contribution < 1.29 is 10.2 Å². The molecule has 0 aliphatic rings. The summed E-state index contributed by atoms with van der Waals surface area (Å²) >= 11 is 5.92. The number of aromatic nitrogens is 2. The summed E-state index contributed by atoms with van der Waals surface area (Å²) in [6, 6.07) is 0. The molecule has 0 aliphatic carbocycles. The Bertz CT molecular complexity index is 314. The molecule has 0 aliphatic heterocycles. The standard InChI is InChI=1S/C10H17ClN2O2/c1-3-5-13-9(7(11)6-12-13)10(15)8(14)4-2/h6,8,10,14-15H,3-5H2,1-2H3. The van der Waals surface area contributed by atoms with Crippen LogP contribution in [-0.2, 0) is 6.54 Å². The molecule has 86 valence electrons. The molecule has 5 heteroatoms. The number of hydrogen-bond donors (Lipinski definition) is 2. The Labute approximate surface area is 94.5 Å². The third-order valence-electron chi connectivity index (χ3n) is 2.33. The summed E-state index contributed by atoms with van der Waals surface area (Å²) in [5.41, 5.74) is 0.507. The molecule has 2 atom stereocenters. The number of aliphatic hydroxyl groups excluding tert-OH is 2. The zero-order valence-corrected chi connectivity index (χ0v) is 9.78. The van der Waals surface area contributed by atoms with E-state index in [9.17, 15) is 10.2 Å². The van der Waals surface area contributed by atoms with Crippen molar-refractivity contribution in [1.82, 2.24) is 9.78 Å². The molecule has 1 aromatic rings. The first-order valence-corrected chi connectivity index (χ1v) is 5.56. The van der Waals surface area contributed by atoms with Crippen molar-refractivity contribution in [3.05, 3.63) is 16.9 Å². The van der Waals surface area contributed by atoms with Gasteiger partial charge in [-0.25, -0.2) is 0 Å². The fourth-order valence-corrected chi connectivity index (χ4v) is 1.71. The fourth-order valence-electron chi connectivity index (χ4n) is 1.46. The summed E-state index contributed by atoms with van der Waals surface area (Å²) in [6.45, 7) is 4.51. The predicted molar refractivity (Wildman–Crippen MR) is 58.8 cm³/mol. The van der Waals surface area contributed by atoms with E-state index in [1.54, 1.807) is 4.68 Å². The molecule has 4 nitrogen and oxygen atoms in total. The molecule has 0 bridgehead atoms. The summed E-state index contributed by atoms with van der Waals surface area (Å²) in [6.07, 6.45) is 1.12. The predicted octanol–water partition coefficient (Wildman–Crippen LogP) is 1.75. The molecule has 0 radical (unpaired) electrons. The summed E-state index contributed by atoms with van der Waals surface area (Å²) in [7, 11) is 0. The monoisotopic (exact) mass is 232 g/mol. The maximum Gasteiger partial charge on any atom is 0.123 e. The van der Waals surface area contributed by atoms with Gasteiger partial charge >= 0.3 is 0 Å². The van der Waals surface area contributed by atoms with E-state index < -0.39 is 12.2 Å². The number of rotatable bonds is 5. The van der Waals surface area contributed by atoms with Gasteiger partial charge < -0.3 is 10.2 Å². The lowest BCUT2D eigenvalue weighted by Crippen LogP contribution is -2.21. The zero-order valence-electron chi connectivity index (χ0n) is 9.02. The van der Waals surface area contributed by atoms with Crippen LogP contribution in [0.5, 0.6) is 0 Å². The lowest BCUT2D eigenvalue weighted by molar-refractivity contribution is 0.0112. The average molecular weight is 233 g/mol. The highest BCUT2D eigenvalue weighted by atomic mass is 35.5. The van der Waals surface area contributed by atoms with Crippen LogP contribution < -0.4 is 0 Å². The number of halogens is 1. The summed E-state index contributed by atoms with van der Waals surface area (Å²) in [4.78, 5) is 0. The van der Waals surface area contributed by atoms with E-state index in [1.165, 1.54) is 6.20 Å². The van der Waals surface area contributed by atoms with Crippen molar-refractivity contribution in [3.8, 4) is 0 Å². The third kappa shape index (κ3) is 2.71. The van der Waals surface area contributed by atoms with Crippen molar-refractivity contribution in [3.63, 3.8) is 0 Å². The van der Waals surface area contributed by atoms with Gasteiger partial charge in [0.2, 0.25) is 0 Å². The molecule has 0 saturated carbocycles. The van der Waals surface area contributed by atoms with Crippen LogP contribution in [-0.4, -0.2) is 26.1 Å². The second-order valence-corrected chi connectivity index (χ2v) is 3.93. The molecule has 2 N–H and O–H groups in total. The molecule has 2 unspecified atom stereocenters. The first-order chi connectivity index (χ1) is 7.11. The average Bonchev–Trinajstić information content (AvgIpc) is 2.58. The number of aliphatic hydroxyl groups is 2. The molecule has 1 aromatic heterocycles. The van der Waals surface area contributed by atoms with Gasteiger partial charge in [-0.1, -0.05) is 25.4 Å². The Balaban J connectivity index is 2.94. The molecule has 1 rings (SSSR count). The van der Waals surface area contributed by atoms with E-state index in [-0.39, 0.29) is 0 Å². The smallest absolute Gasteiger partial charge is 0.123 e. The lowest BCUT2D eigenvalue weighted by atomic mass is 10.1. The first kappa shape index (κ1) is 12.5. The Kier molecular flexibility index (Phi) is 4.57. The van der Waals surface area contributed by atoms with Crippen LogP contribution in [0.3, 0.4) is 0 Å². The number of nitrogens with zero attached hydrogens (tertiary/aromatic N) is 2. The highest BCUT2D eigenvalue weighted by molar-refractivity contribution is 6.31. The highest BCUT2D eigenvalue weighted by Gasteiger charge is 2.23. The minimum absolute atomic E-state index is 0.406. The normalized spacial score (nSPS) is 15.3. The van der Waals surface area contributed by atoms with E-state index in [0.29, 0.717) is 23.7 Å². The molecule has 0 saturated heterocycles. The van der Waals surface area contributed by atoms with Crippen molar-refractivity contribution in [1.29, 1.82) is 0 Å². The van der Waals surface area contributed by atoms with Gasteiger partial charge in [0.25, 0.3) is 0 Å². The second kappa shape index (κ2) is 5.49. The Hall–Kier alpha value is -0.580. The van der Waals surface area contributed by atoms with Crippen molar-refractivity contribution in [2.45, 2.75) is 45.4 Å². The molecule has 15 heavy (non-hydrogen) atoms. The van der Waals surface area contributed by atoms with E-state index in [0.717, 1.165) is 6.42 Å². The van der Waals surface area contributed by atoms with Crippen LogP contribution in [0.4, 0.5) is 0 Å². The first-order valence-electron chi connectivity index (χ1n) is 5.19. The lowest BCUT2D eigenvalue weighted by Gasteiger charge is -2.18. The molecular formula is C10H17ClN2O2. The second-order valence-electron chi connectivity index (χ2n) is 3.52. The summed E-state index contributed by atoms with van der Waals surface area (Å²) in [5, 5.41) is 23.9. The molecule has 1 heterocycles. The van der Waals surface area contributed by atoms with Gasteiger partial charge in [0.05, 0.1) is 23.0 Å². The highest BCUT2D eigenvalue weighted by Crippen LogP contribution is 2.26. The molecule has 0 fully saturated rings. The molecule has 0 spiro atoms. The van der Waals surface area contributed by atoms with Crippen molar-refractivity contribution in [2.75, 3.05) is 0 Å². The largest absolute Gasteiger partial charge is 0.390 e. The summed E-state index contributed by atoms with van der Waals surface area (Å²) in [5.74, 6) is 0. The van der Waals surface area contributed by atoms with Crippen LogP contribution in [0.15, 0.2) is 6.20 Å². The SMILES string of the molecule is CCCn1ncc(Cl)c1C(O)C(O)CC. The Morgan fingerprint density at radius 3 is 2.67 bits per heavy atom. The number of hydrogen-bond acceptors (Lipinski definition) is 3. The maximum absolute atomic E-state index is 9.87. The van der Waals surface area contributed by atoms with E-state index in [4.69, 9.17) is 11.6 Å². The van der Waals surface area contributed by atoms with Crippen LogP contribution in [0.2, 0.25) is 5.02 Å². The van der Waals surface area contributed by atoms with Gasteiger partial charge in [-0.2, -0.15) is 5.10 Å². The number of aryl methyl sites for hydroxylation is 1. The molecule has 0 amide bonds. The van der Waals surface area contributed by atoms with Crippen LogP contribution >= 0.6 is 11.6 Å². The van der Waals surface area contributed by atoms with E-state index in [1.807, 2.05) is 13.8 Å². The van der Waals surface area contributed by atoms with E-state index in [2.05, 4.69) is 5.10 Å². The Morgan fingerprint density at radius 2 is 2.13 bits per heavy atom. The third-order valence-corrected chi connectivity index (χ3v) is 2.62. The van der Waals surface area contributed by atoms with Gasteiger partial charge in [0, 0.05) is 6.54 Å². The molecule has 0 aromatic carbocycles. The fraction of sp³-hybridized carbons (Fsp3) is 0.700. The zero-order chi connectivity index (χ0) is 11.4. The van der Waals surface area contributed by atoms with Gasteiger partial charge in [-0.3, -0.25) is 4.68 Å². The van der Waals surface area contributed by atoms with Crippen molar-refractivity contribution >= 4 is 11.6 Å². The van der Waals surface area contributed by atoms with Gasteiger partial charge in [-0.05, 0) is 12.8 Å². The topological polar surface area (TPSA) is 58.3 Å². The maximum atomic E-state index is 9.87. The van der Waals surface area contributed by atoms with E-state index >= 15 is 0 Å². The van der Waals surface area contributed by atoms with Crippen LogP contribution in [0, 0.1) is 0 Å². The minimum atomic E-state index is -0.962. The van der Waals surface area contributed by atoms with Gasteiger partial charge in [0.15, 0.2) is 0 Å². The molecular weight excluding hydrogens is 216 g/mol. The van der Waals surface area contributed by atoms with Crippen molar-refractivity contribution in [2.24, 2.45) is 0 Å². The quantitative estimate of drug-likeness (QED) is 0.813. The van der Waals surface area contributed by atoms with Crippen LogP contribution in [0.25, 0.3) is 0 Å².